The first-order valence-corrected chi connectivity index (χ1v) is 7.48. The standard InChI is InChI=1S/C19H14F2N2O2/c1-12-2-4-13(5-3-12)19(24)23-22-11-15-7-9-18(25-15)16-8-6-14(20)10-17(16)21/h2-11H,1H3,(H,23,24)/b22-11-. The van der Waals surface area contributed by atoms with Crippen molar-refractivity contribution in [3.63, 3.8) is 0 Å². The first-order valence-electron chi connectivity index (χ1n) is 7.48. The Bertz CT molecular complexity index is 931. The second-order valence-electron chi connectivity index (χ2n) is 5.39. The van der Waals surface area contributed by atoms with E-state index in [1.54, 1.807) is 24.3 Å². The molecule has 1 aromatic heterocycles. The molecular formula is C19H14F2N2O2. The fraction of sp³-hybridized carbons (Fsp3) is 0.0526. The number of aryl methyl sites for hydroxylation is 1. The van der Waals surface area contributed by atoms with Crippen LogP contribution in [0, 0.1) is 18.6 Å². The summed E-state index contributed by atoms with van der Waals surface area (Å²) in [5.74, 6) is -1.17. The summed E-state index contributed by atoms with van der Waals surface area (Å²) in [6, 6.07) is 13.4. The van der Waals surface area contributed by atoms with Gasteiger partial charge in [-0.1, -0.05) is 17.7 Å². The van der Waals surface area contributed by atoms with Gasteiger partial charge in [-0.25, -0.2) is 14.2 Å². The average Bonchev–Trinajstić information content (AvgIpc) is 3.04. The summed E-state index contributed by atoms with van der Waals surface area (Å²) < 4.78 is 32.1. The van der Waals surface area contributed by atoms with Gasteiger partial charge in [0, 0.05) is 11.6 Å². The van der Waals surface area contributed by atoms with Crippen molar-refractivity contribution in [3.8, 4) is 11.3 Å². The van der Waals surface area contributed by atoms with E-state index < -0.39 is 11.6 Å². The Morgan fingerprint density at radius 2 is 1.84 bits per heavy atom. The highest BCUT2D eigenvalue weighted by molar-refractivity contribution is 5.94. The van der Waals surface area contributed by atoms with Crippen LogP contribution in [0.5, 0.6) is 0 Å². The van der Waals surface area contributed by atoms with Gasteiger partial charge >= 0.3 is 0 Å². The largest absolute Gasteiger partial charge is 0.455 e. The van der Waals surface area contributed by atoms with Crippen molar-refractivity contribution in [2.45, 2.75) is 6.92 Å². The molecule has 0 bridgehead atoms. The topological polar surface area (TPSA) is 54.6 Å². The molecule has 1 N–H and O–H groups in total. The molecule has 0 spiro atoms. The number of amides is 1. The molecule has 0 unspecified atom stereocenters. The first-order chi connectivity index (χ1) is 12.0. The van der Waals surface area contributed by atoms with Gasteiger partial charge in [-0.2, -0.15) is 5.10 Å². The smallest absolute Gasteiger partial charge is 0.271 e. The number of rotatable bonds is 4. The van der Waals surface area contributed by atoms with Crippen LogP contribution in [0.3, 0.4) is 0 Å². The van der Waals surface area contributed by atoms with Crippen molar-refractivity contribution in [3.05, 3.63) is 83.1 Å². The third-order valence-electron chi connectivity index (χ3n) is 3.50. The minimum atomic E-state index is -0.717. The molecule has 4 nitrogen and oxygen atoms in total. The van der Waals surface area contributed by atoms with E-state index in [9.17, 15) is 13.6 Å². The van der Waals surface area contributed by atoms with E-state index in [-0.39, 0.29) is 17.2 Å². The SMILES string of the molecule is Cc1ccc(C(=O)N/N=C\c2ccc(-c3ccc(F)cc3F)o2)cc1. The third-order valence-corrected chi connectivity index (χ3v) is 3.50. The van der Waals surface area contributed by atoms with Gasteiger partial charge in [0.15, 0.2) is 0 Å². The molecule has 25 heavy (non-hydrogen) atoms. The zero-order valence-electron chi connectivity index (χ0n) is 13.3. The van der Waals surface area contributed by atoms with E-state index in [0.29, 0.717) is 11.3 Å². The van der Waals surface area contributed by atoms with Crippen LogP contribution in [0.1, 0.15) is 21.7 Å². The highest BCUT2D eigenvalue weighted by atomic mass is 19.1. The first kappa shape index (κ1) is 16.6. The Morgan fingerprint density at radius 1 is 1.08 bits per heavy atom. The number of carbonyl (C=O) groups is 1. The van der Waals surface area contributed by atoms with Crippen LogP contribution in [0.2, 0.25) is 0 Å². The zero-order chi connectivity index (χ0) is 17.8. The van der Waals surface area contributed by atoms with E-state index in [1.165, 1.54) is 12.3 Å². The Balaban J connectivity index is 1.67. The Morgan fingerprint density at radius 3 is 2.56 bits per heavy atom. The molecule has 3 aromatic rings. The number of carbonyl (C=O) groups excluding carboxylic acids is 1. The molecule has 0 aliphatic rings. The molecule has 6 heteroatoms. The number of nitrogens with one attached hydrogen (secondary N) is 1. The number of hydrazone groups is 1. The molecule has 0 aliphatic heterocycles. The molecule has 126 valence electrons. The van der Waals surface area contributed by atoms with E-state index in [2.05, 4.69) is 10.5 Å². The maximum Gasteiger partial charge on any atom is 0.271 e. The van der Waals surface area contributed by atoms with Crippen molar-refractivity contribution in [2.24, 2.45) is 5.10 Å². The minimum Gasteiger partial charge on any atom is -0.455 e. The fourth-order valence-corrected chi connectivity index (χ4v) is 2.18. The molecule has 0 saturated heterocycles. The van der Waals surface area contributed by atoms with Gasteiger partial charge < -0.3 is 4.42 Å². The number of halogens is 2. The predicted octanol–water partition coefficient (Wildman–Crippen LogP) is 4.30. The number of benzene rings is 2. The molecule has 1 amide bonds. The van der Waals surface area contributed by atoms with Gasteiger partial charge in [0.1, 0.15) is 23.2 Å². The predicted molar refractivity (Wildman–Crippen MR) is 90.3 cm³/mol. The summed E-state index contributed by atoms with van der Waals surface area (Å²) >= 11 is 0. The second kappa shape index (κ2) is 7.09. The van der Waals surface area contributed by atoms with Crippen LogP contribution in [0.15, 0.2) is 64.1 Å². The summed E-state index contributed by atoms with van der Waals surface area (Å²) in [5, 5.41) is 3.81. The van der Waals surface area contributed by atoms with Crippen LogP contribution in [-0.2, 0) is 0 Å². The average molecular weight is 340 g/mol. The van der Waals surface area contributed by atoms with Gasteiger partial charge in [-0.15, -0.1) is 0 Å². The molecule has 0 saturated carbocycles. The van der Waals surface area contributed by atoms with Gasteiger partial charge in [0.25, 0.3) is 5.91 Å². The quantitative estimate of drug-likeness (QED) is 0.569. The van der Waals surface area contributed by atoms with Crippen LogP contribution < -0.4 is 5.43 Å². The van der Waals surface area contributed by atoms with Crippen LogP contribution in [0.4, 0.5) is 8.78 Å². The molecule has 2 aromatic carbocycles. The summed E-state index contributed by atoms with van der Waals surface area (Å²) in [4.78, 5) is 11.9. The number of nitrogens with zero attached hydrogens (tertiary/aromatic N) is 1. The summed E-state index contributed by atoms with van der Waals surface area (Å²) in [6.45, 7) is 1.93. The minimum absolute atomic E-state index is 0.143. The Hall–Kier alpha value is -3.28. The van der Waals surface area contributed by atoms with Gasteiger partial charge in [-0.3, -0.25) is 4.79 Å². The lowest BCUT2D eigenvalue weighted by molar-refractivity contribution is 0.0955. The van der Waals surface area contributed by atoms with Crippen molar-refractivity contribution in [2.75, 3.05) is 0 Å². The van der Waals surface area contributed by atoms with E-state index in [4.69, 9.17) is 4.42 Å². The highest BCUT2D eigenvalue weighted by Gasteiger charge is 2.10. The van der Waals surface area contributed by atoms with Crippen LogP contribution >= 0.6 is 0 Å². The van der Waals surface area contributed by atoms with Crippen molar-refractivity contribution in [1.82, 2.24) is 5.43 Å². The molecule has 3 rings (SSSR count). The lowest BCUT2D eigenvalue weighted by atomic mass is 10.1. The van der Waals surface area contributed by atoms with Crippen LogP contribution in [-0.4, -0.2) is 12.1 Å². The highest BCUT2D eigenvalue weighted by Crippen LogP contribution is 2.25. The van der Waals surface area contributed by atoms with Gasteiger partial charge in [0.05, 0.1) is 11.8 Å². The molecule has 1 heterocycles. The van der Waals surface area contributed by atoms with Gasteiger partial charge in [0.2, 0.25) is 0 Å². The summed E-state index contributed by atoms with van der Waals surface area (Å²) in [6.07, 6.45) is 1.30. The monoisotopic (exact) mass is 340 g/mol. The molecule has 0 radical (unpaired) electrons. The molecule has 0 aliphatic carbocycles. The van der Waals surface area contributed by atoms with Crippen molar-refractivity contribution in [1.29, 1.82) is 0 Å². The molecular weight excluding hydrogens is 326 g/mol. The van der Waals surface area contributed by atoms with E-state index in [1.807, 2.05) is 19.1 Å². The Labute approximate surface area is 142 Å². The lowest BCUT2D eigenvalue weighted by Crippen LogP contribution is -2.17. The lowest BCUT2D eigenvalue weighted by Gasteiger charge is -2.00. The number of furan rings is 1. The maximum atomic E-state index is 13.7. The summed E-state index contributed by atoms with van der Waals surface area (Å²) in [7, 11) is 0. The molecule has 0 atom stereocenters. The van der Waals surface area contributed by atoms with Crippen molar-refractivity contribution < 1.29 is 18.0 Å². The zero-order valence-corrected chi connectivity index (χ0v) is 13.3. The number of hydrogen-bond acceptors (Lipinski definition) is 3. The normalized spacial score (nSPS) is 11.0. The second-order valence-corrected chi connectivity index (χ2v) is 5.39. The third kappa shape index (κ3) is 3.98. The van der Waals surface area contributed by atoms with E-state index >= 15 is 0 Å². The summed E-state index contributed by atoms with van der Waals surface area (Å²) in [5.41, 5.74) is 4.06. The molecule has 0 fully saturated rings. The maximum absolute atomic E-state index is 13.7. The Kier molecular flexibility index (Phi) is 4.70. The van der Waals surface area contributed by atoms with Crippen LogP contribution in [0.25, 0.3) is 11.3 Å². The van der Waals surface area contributed by atoms with Crippen molar-refractivity contribution >= 4 is 12.1 Å². The van der Waals surface area contributed by atoms with E-state index in [0.717, 1.165) is 17.7 Å². The number of hydrogen-bond donors (Lipinski definition) is 1. The van der Waals surface area contributed by atoms with Gasteiger partial charge in [-0.05, 0) is 43.3 Å². The fourth-order valence-electron chi connectivity index (χ4n) is 2.18.